The Morgan fingerprint density at radius 3 is 2.10 bits per heavy atom. The monoisotopic (exact) mass is 891 g/mol. The molecule has 1 aliphatic heterocycles. The maximum Gasteiger partial charge on any atom is 0.573 e. The zero-order valence-corrected chi connectivity index (χ0v) is 37.9. The van der Waals surface area contributed by atoms with Crippen molar-refractivity contribution in [2.24, 2.45) is 9.98 Å². The van der Waals surface area contributed by atoms with E-state index in [0.29, 0.717) is 55.6 Å². The molecule has 16 nitrogen and oxygen atoms in total. The summed E-state index contributed by atoms with van der Waals surface area (Å²) in [6.07, 6.45) is -1.87. The fourth-order valence-electron chi connectivity index (χ4n) is 5.98. The summed E-state index contributed by atoms with van der Waals surface area (Å²) < 4.78 is 65.7. The number of fused-ring (bicyclic) bond motifs is 2. The average molecular weight is 892 g/mol. The summed E-state index contributed by atoms with van der Waals surface area (Å²) in [5.74, 6) is -0.151. The van der Waals surface area contributed by atoms with Gasteiger partial charge in [-0.3, -0.25) is 10.6 Å². The second kappa shape index (κ2) is 23.6. The van der Waals surface area contributed by atoms with E-state index < -0.39 is 47.5 Å². The van der Waals surface area contributed by atoms with Crippen molar-refractivity contribution in [3.05, 3.63) is 59.2 Å². The van der Waals surface area contributed by atoms with E-state index in [9.17, 15) is 32.3 Å². The summed E-state index contributed by atoms with van der Waals surface area (Å²) in [4.78, 5) is 60.9. The number of rotatable bonds is 10. The highest BCUT2D eigenvalue weighted by Crippen LogP contribution is 2.28. The van der Waals surface area contributed by atoms with Crippen molar-refractivity contribution >= 4 is 36.2 Å². The number of urea groups is 1. The van der Waals surface area contributed by atoms with E-state index in [2.05, 4.69) is 36.0 Å². The van der Waals surface area contributed by atoms with Crippen molar-refractivity contribution < 1.29 is 56.0 Å². The number of benzene rings is 2. The van der Waals surface area contributed by atoms with Crippen LogP contribution < -0.4 is 30.7 Å². The number of hydrogen-bond acceptors (Lipinski definition) is 9. The first-order valence-corrected chi connectivity index (χ1v) is 21.1. The van der Waals surface area contributed by atoms with Crippen LogP contribution in [0.4, 0.5) is 32.3 Å². The van der Waals surface area contributed by atoms with Crippen LogP contribution in [0.5, 0.6) is 11.5 Å². The number of carbonyl (C=O) groups is 4. The molecule has 0 bridgehead atoms. The number of ether oxygens (including phenoxy) is 5. The van der Waals surface area contributed by atoms with Crippen LogP contribution >= 0.6 is 0 Å². The number of amides is 5. The van der Waals surface area contributed by atoms with Gasteiger partial charge in [-0.2, -0.15) is 0 Å². The van der Waals surface area contributed by atoms with Gasteiger partial charge in [0, 0.05) is 31.7 Å². The lowest BCUT2D eigenvalue weighted by molar-refractivity contribution is -0.274. The van der Waals surface area contributed by atoms with Crippen LogP contribution in [0, 0.1) is 0 Å². The molecule has 0 fully saturated rings. The minimum atomic E-state index is -4.87. The molecule has 0 saturated heterocycles. The van der Waals surface area contributed by atoms with E-state index in [0.717, 1.165) is 31.2 Å². The molecule has 3 rings (SSSR count). The van der Waals surface area contributed by atoms with Crippen LogP contribution in [0.2, 0.25) is 0 Å². The van der Waals surface area contributed by atoms with Gasteiger partial charge in [0.25, 0.3) is 0 Å². The molecule has 350 valence electrons. The van der Waals surface area contributed by atoms with Gasteiger partial charge in [-0.15, -0.1) is 23.2 Å². The van der Waals surface area contributed by atoms with Crippen LogP contribution in [0.15, 0.2) is 52.4 Å². The molecule has 0 unspecified atom stereocenters. The van der Waals surface area contributed by atoms with E-state index in [-0.39, 0.29) is 37.4 Å². The standard InChI is InChI=1S/C44H64F3N7O9/c1-41(2,3)61-38(56)51-35(52-39(57)62-42(4,5)6)48-24-16-12-10-11-13-17-25-54-26-18-20-30-22-23-33(60-44(45,46)47)27-32(30)29-59-34-21-15-14-19-31(34)28-49-36(50-37(54)55)53-40(58)63-43(7,8)9/h14-15,19,21-23,27H,10-13,16-18,20,24-26,28-29H2,1-9H3,(H2,48,51,52,56,57)(H2,49,50,53,55,58). The van der Waals surface area contributed by atoms with Gasteiger partial charge in [0.15, 0.2) is 0 Å². The minimum absolute atomic E-state index is 0.0545. The molecule has 63 heavy (non-hydrogen) atoms. The van der Waals surface area contributed by atoms with Crippen molar-refractivity contribution in [1.82, 2.24) is 26.2 Å². The number of nitrogens with zero attached hydrogens (tertiary/aromatic N) is 3. The molecule has 1 aliphatic rings. The van der Waals surface area contributed by atoms with Crippen molar-refractivity contribution in [3.63, 3.8) is 0 Å². The fourth-order valence-corrected chi connectivity index (χ4v) is 5.98. The lowest BCUT2D eigenvalue weighted by Crippen LogP contribution is -2.48. The van der Waals surface area contributed by atoms with Crippen LogP contribution in [-0.4, -0.2) is 83.9 Å². The number of alkyl halides is 3. The Labute approximate surface area is 368 Å². The first-order chi connectivity index (χ1) is 29.3. The maximum atomic E-state index is 13.9. The van der Waals surface area contributed by atoms with Crippen molar-refractivity contribution in [1.29, 1.82) is 0 Å². The quantitative estimate of drug-likeness (QED) is 0.0770. The predicted octanol–water partition coefficient (Wildman–Crippen LogP) is 9.25. The lowest BCUT2D eigenvalue weighted by Gasteiger charge is -2.24. The number of unbranched alkanes of at least 4 members (excludes halogenated alkanes) is 5. The molecule has 2 aromatic carbocycles. The third-order valence-electron chi connectivity index (χ3n) is 8.56. The Hall–Kier alpha value is -5.75. The van der Waals surface area contributed by atoms with Gasteiger partial charge in [0.2, 0.25) is 11.9 Å². The first-order valence-electron chi connectivity index (χ1n) is 21.1. The summed E-state index contributed by atoms with van der Waals surface area (Å²) >= 11 is 0. The van der Waals surface area contributed by atoms with Crippen LogP contribution in [0.1, 0.15) is 124 Å². The molecule has 0 aliphatic carbocycles. The van der Waals surface area contributed by atoms with E-state index in [1.165, 1.54) is 12.1 Å². The number of hydrogen-bond donors (Lipinski definition) is 4. The Balaban J connectivity index is 1.69. The highest BCUT2D eigenvalue weighted by Gasteiger charge is 2.31. The number of carbonyl (C=O) groups excluding carboxylic acids is 4. The van der Waals surface area contributed by atoms with Gasteiger partial charge in [-0.05, 0) is 117 Å². The number of nitrogens with one attached hydrogen (secondary N) is 4. The molecule has 0 spiro atoms. The van der Waals surface area contributed by atoms with Gasteiger partial charge >= 0.3 is 30.7 Å². The zero-order valence-electron chi connectivity index (χ0n) is 37.9. The van der Waals surface area contributed by atoms with Crippen LogP contribution in [0.25, 0.3) is 0 Å². The predicted molar refractivity (Wildman–Crippen MR) is 232 cm³/mol. The summed E-state index contributed by atoms with van der Waals surface area (Å²) in [5, 5.41) is 11.2. The van der Waals surface area contributed by atoms with Gasteiger partial charge in [-0.1, -0.05) is 49.9 Å². The topological polar surface area (TPSA) is 191 Å². The lowest BCUT2D eigenvalue weighted by atomic mass is 10.0. The van der Waals surface area contributed by atoms with E-state index in [1.54, 1.807) is 97.5 Å². The normalized spacial score (nSPS) is 15.2. The first kappa shape index (κ1) is 51.6. The SMILES string of the molecule is CC(C)(C)OC(=O)/N=C(/NCCCCCCCCN1CCCc2ccc(OC(F)(F)F)cc2COc2ccccc2CN/C(=N/C(=O)OC(C)(C)C)NC1=O)NC(=O)OC(C)(C)C. The number of para-hydroxylation sites is 1. The van der Waals surface area contributed by atoms with Crippen LogP contribution in [-0.2, 0) is 33.8 Å². The number of halogens is 3. The Bertz CT molecular complexity index is 1900. The summed E-state index contributed by atoms with van der Waals surface area (Å²) in [6, 6.07) is 10.6. The van der Waals surface area contributed by atoms with E-state index >= 15 is 0 Å². The number of guanidine groups is 2. The average Bonchev–Trinajstić information content (AvgIpc) is 3.12. The maximum absolute atomic E-state index is 13.9. The largest absolute Gasteiger partial charge is 0.573 e. The molecule has 0 saturated carbocycles. The highest BCUT2D eigenvalue weighted by molar-refractivity contribution is 6.00. The molecular weight excluding hydrogens is 828 g/mol. The Morgan fingerprint density at radius 2 is 1.43 bits per heavy atom. The molecule has 2 aromatic rings. The summed E-state index contributed by atoms with van der Waals surface area (Å²) in [6.45, 7) is 16.4. The number of aryl methyl sites for hydroxylation is 1. The third kappa shape index (κ3) is 22.3. The number of alkyl carbamates (subject to hydrolysis) is 1. The molecule has 1 heterocycles. The van der Waals surface area contributed by atoms with Gasteiger partial charge < -0.3 is 39.2 Å². The van der Waals surface area contributed by atoms with E-state index in [1.807, 2.05) is 0 Å². The zero-order chi connectivity index (χ0) is 46.8. The molecule has 19 heteroatoms. The van der Waals surface area contributed by atoms with Gasteiger partial charge in [0.1, 0.15) is 34.9 Å². The Morgan fingerprint density at radius 1 is 0.794 bits per heavy atom. The minimum Gasteiger partial charge on any atom is -0.489 e. The molecule has 5 amide bonds. The van der Waals surface area contributed by atoms with Gasteiger partial charge in [-0.25, -0.2) is 19.2 Å². The van der Waals surface area contributed by atoms with Crippen molar-refractivity contribution in [2.45, 2.75) is 150 Å². The second-order valence-corrected chi connectivity index (χ2v) is 17.8. The number of aliphatic imine (C=N–C) groups is 2. The van der Waals surface area contributed by atoms with E-state index in [4.69, 9.17) is 18.9 Å². The van der Waals surface area contributed by atoms with Crippen molar-refractivity contribution in [3.8, 4) is 11.5 Å². The summed E-state index contributed by atoms with van der Waals surface area (Å²) in [5.41, 5.74) is -0.514. The Kier molecular flexibility index (Phi) is 19.4. The smallest absolute Gasteiger partial charge is 0.489 e. The van der Waals surface area contributed by atoms with Crippen LogP contribution in [0.3, 0.4) is 0 Å². The van der Waals surface area contributed by atoms with Crippen molar-refractivity contribution in [2.75, 3.05) is 19.6 Å². The second-order valence-electron chi connectivity index (χ2n) is 17.8. The molecule has 0 atom stereocenters. The molecule has 0 aromatic heterocycles. The molecular formula is C44H64F3N7O9. The summed E-state index contributed by atoms with van der Waals surface area (Å²) in [7, 11) is 0. The molecule has 0 radical (unpaired) electrons. The third-order valence-corrected chi connectivity index (χ3v) is 8.56. The molecule has 4 N–H and O–H groups in total. The highest BCUT2D eigenvalue weighted by atomic mass is 19.4. The van der Waals surface area contributed by atoms with Gasteiger partial charge in [0.05, 0.1) is 0 Å². The fraction of sp³-hybridized carbons (Fsp3) is 0.591.